The topological polar surface area (TPSA) is 100 Å². The molecule has 2 aromatic rings. The van der Waals surface area contributed by atoms with Crippen LogP contribution >= 0.6 is 0 Å². The largest absolute Gasteiger partial charge is 0.352 e. The first-order chi connectivity index (χ1) is 11.6. The molecule has 0 aliphatic carbocycles. The van der Waals surface area contributed by atoms with Crippen LogP contribution in [-0.2, 0) is 11.2 Å². The molecule has 3 N–H and O–H groups in total. The summed E-state index contributed by atoms with van der Waals surface area (Å²) in [6.45, 7) is 4.05. The van der Waals surface area contributed by atoms with Crippen LogP contribution < -0.4 is 16.0 Å². The molecule has 3 rings (SSSR count). The molecule has 0 saturated carbocycles. The van der Waals surface area contributed by atoms with Gasteiger partial charge in [0.15, 0.2) is 5.65 Å². The highest BCUT2D eigenvalue weighted by Gasteiger charge is 2.26. The van der Waals surface area contributed by atoms with E-state index in [9.17, 15) is 9.59 Å². The Morgan fingerprint density at radius 2 is 2.21 bits per heavy atom. The predicted molar refractivity (Wildman–Crippen MR) is 88.1 cm³/mol. The first-order valence-corrected chi connectivity index (χ1v) is 7.91. The second kappa shape index (κ2) is 6.69. The molecule has 0 unspecified atom stereocenters. The predicted octanol–water partition coefficient (Wildman–Crippen LogP) is 0.753. The minimum Gasteiger partial charge on any atom is -0.352 e. The Morgan fingerprint density at radius 3 is 3.00 bits per heavy atom. The Hall–Kier alpha value is -2.90. The van der Waals surface area contributed by atoms with E-state index in [1.807, 2.05) is 28.8 Å². The van der Waals surface area contributed by atoms with E-state index < -0.39 is 0 Å². The van der Waals surface area contributed by atoms with Gasteiger partial charge >= 0.3 is 6.03 Å². The first kappa shape index (κ1) is 16.0. The summed E-state index contributed by atoms with van der Waals surface area (Å²) in [5.41, 5.74) is 1.96. The summed E-state index contributed by atoms with van der Waals surface area (Å²) in [6.07, 6.45) is 3.39. The molecule has 1 aliphatic heterocycles. The van der Waals surface area contributed by atoms with Crippen molar-refractivity contribution in [1.29, 1.82) is 0 Å². The van der Waals surface area contributed by atoms with Crippen molar-refractivity contribution in [2.24, 2.45) is 0 Å². The zero-order valence-electron chi connectivity index (χ0n) is 13.7. The van der Waals surface area contributed by atoms with Crippen LogP contribution in [0.2, 0.25) is 0 Å². The van der Waals surface area contributed by atoms with Gasteiger partial charge in [0.2, 0.25) is 0 Å². The van der Waals surface area contributed by atoms with Crippen molar-refractivity contribution in [3.63, 3.8) is 0 Å². The lowest BCUT2D eigenvalue weighted by Crippen LogP contribution is -2.50. The number of rotatable bonds is 5. The van der Waals surface area contributed by atoms with E-state index in [1.54, 1.807) is 13.8 Å². The number of carbonyl (C=O) groups is 2. The molecule has 3 heterocycles. The maximum atomic E-state index is 12.3. The third-order valence-corrected chi connectivity index (χ3v) is 3.98. The number of aromatic nitrogens is 3. The van der Waals surface area contributed by atoms with E-state index in [1.165, 1.54) is 0 Å². The van der Waals surface area contributed by atoms with Gasteiger partial charge in [-0.1, -0.05) is 6.07 Å². The number of pyridine rings is 1. The van der Waals surface area contributed by atoms with Gasteiger partial charge in [0.1, 0.15) is 5.82 Å². The summed E-state index contributed by atoms with van der Waals surface area (Å²) in [5, 5.41) is 16.5. The van der Waals surface area contributed by atoms with Gasteiger partial charge < -0.3 is 16.0 Å². The lowest BCUT2D eigenvalue weighted by Gasteiger charge is -2.25. The highest BCUT2D eigenvalue weighted by atomic mass is 16.2. The lowest BCUT2D eigenvalue weighted by molar-refractivity contribution is -0.117. The van der Waals surface area contributed by atoms with Gasteiger partial charge in [-0.2, -0.15) is 0 Å². The Balaban J connectivity index is 1.54. The molecule has 0 bridgehead atoms. The Morgan fingerprint density at radius 1 is 1.38 bits per heavy atom. The first-order valence-electron chi connectivity index (χ1n) is 7.91. The fourth-order valence-corrected chi connectivity index (χ4v) is 2.84. The van der Waals surface area contributed by atoms with Gasteiger partial charge in [-0.15, -0.1) is 10.2 Å². The zero-order chi connectivity index (χ0) is 17.1. The summed E-state index contributed by atoms with van der Waals surface area (Å²) in [4.78, 5) is 23.7. The van der Waals surface area contributed by atoms with Gasteiger partial charge in [0.05, 0.1) is 11.6 Å². The second-order valence-electron chi connectivity index (χ2n) is 5.76. The number of carbonyl (C=O) groups excluding carboxylic acids is 2. The van der Waals surface area contributed by atoms with Gasteiger partial charge in [0.25, 0.3) is 5.91 Å². The third-order valence-electron chi connectivity index (χ3n) is 3.98. The quantitative estimate of drug-likeness (QED) is 0.705. The van der Waals surface area contributed by atoms with Crippen molar-refractivity contribution >= 4 is 17.6 Å². The number of urea groups is 1. The van der Waals surface area contributed by atoms with Crippen LogP contribution in [0, 0.1) is 0 Å². The van der Waals surface area contributed by atoms with E-state index in [-0.39, 0.29) is 18.0 Å². The molecule has 8 nitrogen and oxygen atoms in total. The van der Waals surface area contributed by atoms with Crippen LogP contribution in [0.3, 0.4) is 0 Å². The molecule has 8 heteroatoms. The summed E-state index contributed by atoms with van der Waals surface area (Å²) < 4.78 is 1.94. The molecule has 0 saturated heterocycles. The average molecular weight is 328 g/mol. The van der Waals surface area contributed by atoms with Gasteiger partial charge in [-0.25, -0.2) is 4.79 Å². The summed E-state index contributed by atoms with van der Waals surface area (Å²) in [7, 11) is 0. The standard InChI is InChI=1S/C16H20N6O2/c1-10-14(11(2)19-16(24)18-10)15(23)17-8-5-7-13-21-20-12-6-3-4-9-22(12)13/h3-4,6,9-10H,5,7-8H2,1-2H3,(H,17,23)(H2,18,19,24)/t10-/m1/s1. The van der Waals surface area contributed by atoms with Crippen molar-refractivity contribution in [3.05, 3.63) is 41.5 Å². The normalized spacial score (nSPS) is 17.6. The highest BCUT2D eigenvalue weighted by molar-refractivity contribution is 5.98. The van der Waals surface area contributed by atoms with Crippen LogP contribution in [0.25, 0.3) is 5.65 Å². The van der Waals surface area contributed by atoms with Crippen LogP contribution in [0.5, 0.6) is 0 Å². The molecule has 0 fully saturated rings. The Bertz CT molecular complexity index is 810. The summed E-state index contributed by atoms with van der Waals surface area (Å²) in [5.74, 6) is 0.703. The fraction of sp³-hybridized carbons (Fsp3) is 0.375. The molecule has 1 atom stereocenters. The van der Waals surface area contributed by atoms with Crippen LogP contribution in [0.1, 0.15) is 26.1 Å². The minimum absolute atomic E-state index is 0.168. The molecule has 126 valence electrons. The number of hydrogen-bond acceptors (Lipinski definition) is 4. The van der Waals surface area contributed by atoms with Gasteiger partial charge in [-0.05, 0) is 32.4 Å². The van der Waals surface area contributed by atoms with Gasteiger partial charge in [0, 0.05) is 24.9 Å². The molecule has 1 aliphatic rings. The average Bonchev–Trinajstić information content (AvgIpc) is 2.94. The smallest absolute Gasteiger partial charge is 0.319 e. The molecule has 24 heavy (non-hydrogen) atoms. The van der Waals surface area contributed by atoms with Gasteiger partial charge in [-0.3, -0.25) is 9.20 Å². The number of nitrogens with one attached hydrogen (secondary N) is 3. The minimum atomic E-state index is -0.306. The number of amides is 3. The second-order valence-corrected chi connectivity index (χ2v) is 5.76. The maximum absolute atomic E-state index is 12.3. The molecule has 0 radical (unpaired) electrons. The monoisotopic (exact) mass is 328 g/mol. The van der Waals surface area contributed by atoms with E-state index in [4.69, 9.17) is 0 Å². The molecule has 0 spiro atoms. The van der Waals surface area contributed by atoms with Crippen LogP contribution in [0.4, 0.5) is 4.79 Å². The number of hydrogen-bond donors (Lipinski definition) is 3. The molecule has 2 aromatic heterocycles. The zero-order valence-corrected chi connectivity index (χ0v) is 13.7. The molecule has 3 amide bonds. The van der Waals surface area contributed by atoms with Crippen molar-refractivity contribution in [2.45, 2.75) is 32.7 Å². The number of nitrogens with zero attached hydrogens (tertiary/aromatic N) is 3. The summed E-state index contributed by atoms with van der Waals surface area (Å²) in [6, 6.07) is 5.17. The van der Waals surface area contributed by atoms with Crippen molar-refractivity contribution < 1.29 is 9.59 Å². The Labute approximate surface area is 139 Å². The number of allylic oxidation sites excluding steroid dienone is 1. The van der Waals surface area contributed by atoms with E-state index in [2.05, 4.69) is 26.1 Å². The Kier molecular flexibility index (Phi) is 4.45. The molecule has 0 aromatic carbocycles. The van der Waals surface area contributed by atoms with Crippen molar-refractivity contribution in [1.82, 2.24) is 30.5 Å². The molecular formula is C16H20N6O2. The lowest BCUT2D eigenvalue weighted by atomic mass is 10.0. The van der Waals surface area contributed by atoms with E-state index in [0.29, 0.717) is 24.2 Å². The maximum Gasteiger partial charge on any atom is 0.319 e. The van der Waals surface area contributed by atoms with E-state index in [0.717, 1.165) is 17.9 Å². The van der Waals surface area contributed by atoms with Crippen molar-refractivity contribution in [2.75, 3.05) is 6.54 Å². The number of aryl methyl sites for hydroxylation is 1. The van der Waals surface area contributed by atoms with Crippen molar-refractivity contribution in [3.8, 4) is 0 Å². The van der Waals surface area contributed by atoms with Crippen LogP contribution in [-0.4, -0.2) is 39.1 Å². The van der Waals surface area contributed by atoms with Crippen LogP contribution in [0.15, 0.2) is 35.7 Å². The third kappa shape index (κ3) is 3.22. The SMILES string of the molecule is CC1=C(C(=O)NCCCc2nnc3ccccn23)[C@@H](C)NC(=O)N1. The molecular weight excluding hydrogens is 308 g/mol. The highest BCUT2D eigenvalue weighted by Crippen LogP contribution is 2.11. The fourth-order valence-electron chi connectivity index (χ4n) is 2.84. The number of fused-ring (bicyclic) bond motifs is 1. The van der Waals surface area contributed by atoms with E-state index >= 15 is 0 Å². The summed E-state index contributed by atoms with van der Waals surface area (Å²) >= 11 is 0.